The lowest BCUT2D eigenvalue weighted by atomic mass is 9.43. The maximum Gasteiger partial charge on any atom is 0.352 e. The molecular weight excluding hydrogens is 530 g/mol. The lowest BCUT2D eigenvalue weighted by Crippen LogP contribution is -2.65. The molecule has 0 aliphatic heterocycles. The second-order valence-electron chi connectivity index (χ2n) is 16.0. The molecule has 0 N–H and O–H groups in total. The average Bonchev–Trinajstić information content (AvgIpc) is 3.45. The van der Waals surface area contributed by atoms with Gasteiger partial charge in [0.2, 0.25) is 0 Å². The Labute approximate surface area is 259 Å². The third-order valence-electron chi connectivity index (χ3n) is 13.5. The van der Waals surface area contributed by atoms with Gasteiger partial charge in [0.15, 0.2) is 0 Å². The number of fused-ring (bicyclic) bond motifs is 5. The first-order valence-corrected chi connectivity index (χ1v) is 17.2. The van der Waals surface area contributed by atoms with E-state index in [2.05, 4.69) is 72.8 Å². The van der Waals surface area contributed by atoms with Crippen LogP contribution < -0.4 is 11.4 Å². The number of nitrogens with zero attached hydrogens (tertiary/aromatic N) is 3. The van der Waals surface area contributed by atoms with Gasteiger partial charge < -0.3 is 0 Å². The molecule has 0 bridgehead atoms. The highest BCUT2D eigenvalue weighted by atomic mass is 16.2. The minimum absolute atomic E-state index is 0.0845. The van der Waals surface area contributed by atoms with E-state index >= 15 is 0 Å². The molecule has 3 saturated carbocycles. The Balaban J connectivity index is 1.53. The maximum atomic E-state index is 14.7. The highest BCUT2D eigenvalue weighted by Crippen LogP contribution is 2.70. The minimum Gasteiger partial charge on any atom is -0.246 e. The fraction of sp³-hybridized carbons (Fsp3) is 0.684. The van der Waals surface area contributed by atoms with Gasteiger partial charge in [0, 0.05) is 7.05 Å². The van der Waals surface area contributed by atoms with Crippen molar-refractivity contribution in [3.8, 4) is 5.69 Å². The minimum atomic E-state index is -0.521. The Kier molecular flexibility index (Phi) is 7.66. The van der Waals surface area contributed by atoms with E-state index in [1.54, 1.807) is 4.68 Å². The monoisotopic (exact) mass is 585 g/mol. The van der Waals surface area contributed by atoms with E-state index < -0.39 is 5.54 Å². The smallest absolute Gasteiger partial charge is 0.246 e. The van der Waals surface area contributed by atoms with E-state index in [1.807, 2.05) is 42.1 Å². The van der Waals surface area contributed by atoms with Crippen molar-refractivity contribution in [2.24, 2.45) is 65.2 Å². The van der Waals surface area contributed by atoms with Gasteiger partial charge in [0.05, 0.1) is 11.2 Å². The van der Waals surface area contributed by atoms with Crippen molar-refractivity contribution in [1.82, 2.24) is 13.9 Å². The molecule has 10 atom stereocenters. The van der Waals surface area contributed by atoms with Gasteiger partial charge in [0.25, 0.3) is 0 Å². The van der Waals surface area contributed by atoms with Gasteiger partial charge >= 0.3 is 11.4 Å². The van der Waals surface area contributed by atoms with E-state index in [0.29, 0.717) is 47.1 Å². The Hall–Kier alpha value is -2.56. The molecule has 4 aliphatic rings. The zero-order valence-electron chi connectivity index (χ0n) is 27.9. The number of benzene rings is 1. The molecule has 5 nitrogen and oxygen atoms in total. The van der Waals surface area contributed by atoms with E-state index in [9.17, 15) is 9.59 Å². The largest absolute Gasteiger partial charge is 0.352 e. The topological polar surface area (TPSA) is 48.9 Å². The molecule has 0 amide bonds. The molecule has 2 unspecified atom stereocenters. The number of hydrogen-bond acceptors (Lipinski definition) is 2. The van der Waals surface area contributed by atoms with Crippen LogP contribution in [0.15, 0.2) is 64.2 Å². The van der Waals surface area contributed by atoms with Gasteiger partial charge in [0.1, 0.15) is 0 Å². The van der Waals surface area contributed by atoms with Gasteiger partial charge in [-0.1, -0.05) is 97.4 Å². The second-order valence-corrected chi connectivity index (χ2v) is 16.0. The molecular formula is C38H55N3O2. The summed E-state index contributed by atoms with van der Waals surface area (Å²) in [6.07, 6.45) is 18.1. The van der Waals surface area contributed by atoms with Crippen LogP contribution in [-0.2, 0) is 12.6 Å². The second kappa shape index (κ2) is 10.8. The highest BCUT2D eigenvalue weighted by molar-refractivity contribution is 5.32. The standard InChI is InChI=1S/C38H55N3O2/c1-25(2)27(4)14-15-28(5)31-16-17-32-37(31,7)22-20-33-36(6)21-18-26(3)24-29(36)19-23-38(32,33)41-35(43)40(34(42)39(41)8)30-12-10-9-11-13-30/h9-15,19,23,25-29,31-33H,16-18,20-22,24H2,1-8H3/b15-14+/t26-,27-,28+,29?,31?,32+,33+,36-,37+,38-/m0/s1. The van der Waals surface area contributed by atoms with Crippen molar-refractivity contribution < 1.29 is 0 Å². The summed E-state index contributed by atoms with van der Waals surface area (Å²) >= 11 is 0. The molecule has 1 aromatic carbocycles. The van der Waals surface area contributed by atoms with Crippen molar-refractivity contribution in [1.29, 1.82) is 0 Å². The van der Waals surface area contributed by atoms with Gasteiger partial charge in [-0.3, -0.25) is 0 Å². The van der Waals surface area contributed by atoms with Crippen LogP contribution in [0.4, 0.5) is 0 Å². The predicted octanol–water partition coefficient (Wildman–Crippen LogP) is 7.97. The molecule has 3 fully saturated rings. The maximum absolute atomic E-state index is 14.7. The molecule has 1 aromatic heterocycles. The summed E-state index contributed by atoms with van der Waals surface area (Å²) in [5, 5.41) is 0. The van der Waals surface area contributed by atoms with E-state index in [1.165, 1.54) is 36.7 Å². The van der Waals surface area contributed by atoms with Gasteiger partial charge in [-0.15, -0.1) is 0 Å². The fourth-order valence-corrected chi connectivity index (χ4v) is 10.7. The van der Waals surface area contributed by atoms with Crippen LogP contribution >= 0.6 is 0 Å². The van der Waals surface area contributed by atoms with Crippen LogP contribution in [0.3, 0.4) is 0 Å². The molecule has 4 aliphatic carbocycles. The lowest BCUT2D eigenvalue weighted by Gasteiger charge is -2.64. The number of para-hydroxylation sites is 1. The molecule has 0 saturated heterocycles. The van der Waals surface area contributed by atoms with Crippen molar-refractivity contribution in [3.63, 3.8) is 0 Å². The molecule has 5 heteroatoms. The number of allylic oxidation sites excluding steroid dienone is 4. The average molecular weight is 586 g/mol. The Morgan fingerprint density at radius 2 is 1.53 bits per heavy atom. The highest BCUT2D eigenvalue weighted by Gasteiger charge is 2.67. The van der Waals surface area contributed by atoms with Crippen LogP contribution in [0.1, 0.15) is 93.4 Å². The fourth-order valence-electron chi connectivity index (χ4n) is 10.7. The van der Waals surface area contributed by atoms with Crippen molar-refractivity contribution >= 4 is 0 Å². The zero-order valence-corrected chi connectivity index (χ0v) is 27.9. The van der Waals surface area contributed by atoms with Crippen molar-refractivity contribution in [2.45, 2.75) is 99.0 Å². The van der Waals surface area contributed by atoms with Gasteiger partial charge in [-0.25, -0.2) is 23.5 Å². The Bertz CT molecular complexity index is 1510. The summed E-state index contributed by atoms with van der Waals surface area (Å²) in [6.45, 7) is 16.8. The quantitative estimate of drug-likeness (QED) is 0.323. The number of rotatable bonds is 6. The summed E-state index contributed by atoms with van der Waals surface area (Å²) in [7, 11) is 1.83. The normalized spacial score (nSPS) is 38.6. The van der Waals surface area contributed by atoms with E-state index in [4.69, 9.17) is 0 Å². The first-order valence-electron chi connectivity index (χ1n) is 17.2. The molecule has 2 aromatic rings. The Morgan fingerprint density at radius 1 is 0.860 bits per heavy atom. The number of hydrogen-bond donors (Lipinski definition) is 0. The third-order valence-corrected chi connectivity index (χ3v) is 13.5. The predicted molar refractivity (Wildman–Crippen MR) is 176 cm³/mol. The van der Waals surface area contributed by atoms with Gasteiger partial charge in [-0.2, -0.15) is 0 Å². The van der Waals surface area contributed by atoms with E-state index in [0.717, 1.165) is 18.8 Å². The summed E-state index contributed by atoms with van der Waals surface area (Å²) in [5.41, 5.74) is -0.109. The van der Waals surface area contributed by atoms with Crippen LogP contribution in [0, 0.1) is 58.2 Å². The van der Waals surface area contributed by atoms with Crippen molar-refractivity contribution in [2.75, 3.05) is 0 Å². The first-order chi connectivity index (χ1) is 20.4. The summed E-state index contributed by atoms with van der Waals surface area (Å²) in [5.74, 6) is 4.10. The molecule has 43 heavy (non-hydrogen) atoms. The third kappa shape index (κ3) is 4.45. The molecule has 234 valence electrons. The summed E-state index contributed by atoms with van der Waals surface area (Å²) in [4.78, 5) is 28.6. The lowest BCUT2D eigenvalue weighted by molar-refractivity contribution is -0.123. The Morgan fingerprint density at radius 3 is 2.23 bits per heavy atom. The van der Waals surface area contributed by atoms with Crippen molar-refractivity contribution in [3.05, 3.63) is 75.6 Å². The van der Waals surface area contributed by atoms with Crippen LogP contribution in [-0.4, -0.2) is 13.9 Å². The molecule has 0 spiro atoms. The first kappa shape index (κ1) is 30.5. The van der Waals surface area contributed by atoms with Crippen LogP contribution in [0.2, 0.25) is 0 Å². The zero-order chi connectivity index (χ0) is 30.9. The van der Waals surface area contributed by atoms with Crippen LogP contribution in [0.5, 0.6) is 0 Å². The molecule has 6 rings (SSSR count). The number of aromatic nitrogens is 3. The van der Waals surface area contributed by atoms with Crippen LogP contribution in [0.25, 0.3) is 5.69 Å². The molecule has 0 radical (unpaired) electrons. The SMILES string of the molecule is CC(C)[C@@H](C)/C=C/[C@@H](C)C1CC[C@H]2[C@@]3(n4c(=O)n(-c5ccccc5)c(=O)n4C)C=CC4C[C@@H](C)CC[C@]4(C)[C@H]3CC[C@]12C. The van der Waals surface area contributed by atoms with Gasteiger partial charge in [-0.05, 0) is 109 Å². The van der Waals surface area contributed by atoms with E-state index in [-0.39, 0.29) is 22.2 Å². The summed E-state index contributed by atoms with van der Waals surface area (Å²) in [6, 6.07) is 9.50. The summed E-state index contributed by atoms with van der Waals surface area (Å²) < 4.78 is 5.04. The molecule has 1 heterocycles.